The summed E-state index contributed by atoms with van der Waals surface area (Å²) in [5.74, 6) is -0.152. The minimum Gasteiger partial charge on any atom is -0.355 e. The molecular formula is C23H30N2O. The highest BCUT2D eigenvalue weighted by Gasteiger charge is 2.22. The van der Waals surface area contributed by atoms with Gasteiger partial charge in [-0.25, -0.2) is 0 Å². The Hall–Kier alpha value is -2.13. The summed E-state index contributed by atoms with van der Waals surface area (Å²) in [6.07, 6.45) is 4.97. The van der Waals surface area contributed by atoms with Crippen molar-refractivity contribution in [1.82, 2.24) is 10.2 Å². The van der Waals surface area contributed by atoms with E-state index in [1.165, 1.54) is 25.8 Å². The van der Waals surface area contributed by atoms with Crippen LogP contribution in [-0.2, 0) is 4.79 Å². The van der Waals surface area contributed by atoms with Gasteiger partial charge in [0.25, 0.3) is 0 Å². The van der Waals surface area contributed by atoms with Gasteiger partial charge in [0, 0.05) is 19.1 Å². The number of carbonyl (C=O) groups is 1. The fourth-order valence-corrected chi connectivity index (χ4v) is 3.87. The number of hydrogen-bond donors (Lipinski definition) is 1. The van der Waals surface area contributed by atoms with E-state index in [4.69, 9.17) is 0 Å². The Labute approximate surface area is 157 Å². The quantitative estimate of drug-likeness (QED) is 0.759. The molecule has 1 N–H and O–H groups in total. The molecule has 3 heteroatoms. The lowest BCUT2D eigenvalue weighted by Gasteiger charge is -2.33. The second-order valence-electron chi connectivity index (χ2n) is 7.28. The van der Waals surface area contributed by atoms with Crippen LogP contribution in [0.2, 0.25) is 0 Å². The summed E-state index contributed by atoms with van der Waals surface area (Å²) in [5, 5.41) is 3.17. The fraction of sp³-hybridized carbons (Fsp3) is 0.435. The molecule has 1 unspecified atom stereocenters. The maximum atomic E-state index is 12.9. The highest BCUT2D eigenvalue weighted by molar-refractivity contribution is 5.87. The van der Waals surface area contributed by atoms with E-state index in [1.54, 1.807) is 0 Å². The molecule has 138 valence electrons. The summed E-state index contributed by atoms with van der Waals surface area (Å²) < 4.78 is 0. The smallest absolute Gasteiger partial charge is 0.232 e. The first-order valence-corrected chi connectivity index (χ1v) is 9.87. The lowest BCUT2D eigenvalue weighted by atomic mass is 9.90. The molecule has 0 aromatic heterocycles. The third-order valence-corrected chi connectivity index (χ3v) is 5.39. The van der Waals surface area contributed by atoms with Crippen molar-refractivity contribution in [2.75, 3.05) is 19.6 Å². The summed E-state index contributed by atoms with van der Waals surface area (Å²) in [6.45, 7) is 5.32. The van der Waals surface area contributed by atoms with Crippen LogP contribution in [0.4, 0.5) is 0 Å². The van der Waals surface area contributed by atoms with E-state index in [-0.39, 0.29) is 11.8 Å². The predicted molar refractivity (Wildman–Crippen MR) is 107 cm³/mol. The van der Waals surface area contributed by atoms with Crippen LogP contribution in [0.3, 0.4) is 0 Å². The highest BCUT2D eigenvalue weighted by atomic mass is 16.1. The number of nitrogens with one attached hydrogen (secondary N) is 1. The molecule has 1 fully saturated rings. The molecule has 3 nitrogen and oxygen atoms in total. The summed E-state index contributed by atoms with van der Waals surface area (Å²) >= 11 is 0. The maximum absolute atomic E-state index is 12.9. The van der Waals surface area contributed by atoms with Crippen molar-refractivity contribution in [2.45, 2.75) is 44.6 Å². The monoisotopic (exact) mass is 350 g/mol. The van der Waals surface area contributed by atoms with E-state index in [0.717, 1.165) is 30.6 Å². The lowest BCUT2D eigenvalue weighted by Crippen LogP contribution is -2.39. The molecule has 1 atom stereocenters. The number of carbonyl (C=O) groups excluding carboxylic acids is 1. The first-order chi connectivity index (χ1) is 12.8. The van der Waals surface area contributed by atoms with Crippen LogP contribution < -0.4 is 5.32 Å². The molecule has 26 heavy (non-hydrogen) atoms. The molecule has 1 saturated heterocycles. The predicted octanol–water partition coefficient (Wildman–Crippen LogP) is 4.20. The Morgan fingerprint density at radius 1 is 1.04 bits per heavy atom. The van der Waals surface area contributed by atoms with E-state index >= 15 is 0 Å². The van der Waals surface area contributed by atoms with E-state index in [0.29, 0.717) is 6.04 Å². The van der Waals surface area contributed by atoms with Crippen LogP contribution in [0.1, 0.15) is 49.7 Å². The number of nitrogens with zero attached hydrogens (tertiary/aromatic N) is 1. The van der Waals surface area contributed by atoms with Gasteiger partial charge in [-0.05, 0) is 43.9 Å². The highest BCUT2D eigenvalue weighted by Crippen LogP contribution is 2.24. The molecular weight excluding hydrogens is 320 g/mol. The van der Waals surface area contributed by atoms with Gasteiger partial charge in [-0.15, -0.1) is 0 Å². The number of benzene rings is 2. The zero-order valence-corrected chi connectivity index (χ0v) is 15.7. The zero-order valence-electron chi connectivity index (χ0n) is 15.7. The molecule has 1 aliphatic heterocycles. The van der Waals surface area contributed by atoms with Gasteiger partial charge in [0.05, 0.1) is 5.92 Å². The van der Waals surface area contributed by atoms with Gasteiger partial charge in [0.1, 0.15) is 0 Å². The topological polar surface area (TPSA) is 32.3 Å². The van der Waals surface area contributed by atoms with Crippen LogP contribution in [0, 0.1) is 0 Å². The average molecular weight is 351 g/mol. The van der Waals surface area contributed by atoms with Gasteiger partial charge in [0.2, 0.25) is 5.91 Å². The van der Waals surface area contributed by atoms with Crippen molar-refractivity contribution in [1.29, 1.82) is 0 Å². The van der Waals surface area contributed by atoms with E-state index in [1.807, 2.05) is 60.7 Å². The Bertz CT molecular complexity index is 632. The lowest BCUT2D eigenvalue weighted by molar-refractivity contribution is -0.121. The molecule has 0 bridgehead atoms. The number of rotatable bonds is 7. The number of piperidine rings is 1. The third-order valence-electron chi connectivity index (χ3n) is 5.39. The molecule has 1 aliphatic rings. The van der Waals surface area contributed by atoms with E-state index in [9.17, 15) is 4.79 Å². The van der Waals surface area contributed by atoms with Gasteiger partial charge in [0.15, 0.2) is 0 Å². The standard InChI is InChI=1S/C23H30N2O/c1-19-11-8-9-17-25(19)18-10-16-24-23(26)22(20-12-4-2-5-13-20)21-14-6-3-7-15-21/h2-7,12-15,19,22H,8-11,16-18H2,1H3,(H,24,26). The van der Waals surface area contributed by atoms with E-state index in [2.05, 4.69) is 17.1 Å². The fourth-order valence-electron chi connectivity index (χ4n) is 3.87. The molecule has 3 rings (SSSR count). The van der Waals surface area contributed by atoms with Crippen LogP contribution in [-0.4, -0.2) is 36.5 Å². The first-order valence-electron chi connectivity index (χ1n) is 9.87. The van der Waals surface area contributed by atoms with Crippen molar-refractivity contribution < 1.29 is 4.79 Å². The SMILES string of the molecule is CC1CCCCN1CCCNC(=O)C(c1ccccc1)c1ccccc1. The Kier molecular flexibility index (Phi) is 6.84. The Morgan fingerprint density at radius 3 is 2.23 bits per heavy atom. The second-order valence-corrected chi connectivity index (χ2v) is 7.28. The second kappa shape index (κ2) is 9.54. The molecule has 0 aliphatic carbocycles. The van der Waals surface area contributed by atoms with Crippen molar-refractivity contribution in [2.24, 2.45) is 0 Å². The molecule has 1 amide bonds. The van der Waals surface area contributed by atoms with E-state index < -0.39 is 0 Å². The first kappa shape index (κ1) is 18.7. The third kappa shape index (κ3) is 4.95. The van der Waals surface area contributed by atoms with Gasteiger partial charge < -0.3 is 10.2 Å². The minimum absolute atomic E-state index is 0.0918. The summed E-state index contributed by atoms with van der Waals surface area (Å²) in [6, 6.07) is 20.8. The summed E-state index contributed by atoms with van der Waals surface area (Å²) in [5.41, 5.74) is 2.08. The molecule has 2 aromatic rings. The molecule has 0 spiro atoms. The average Bonchev–Trinajstić information content (AvgIpc) is 2.68. The van der Waals surface area contributed by atoms with Crippen LogP contribution in [0.5, 0.6) is 0 Å². The van der Waals surface area contributed by atoms with Crippen LogP contribution in [0.25, 0.3) is 0 Å². The Morgan fingerprint density at radius 2 is 1.65 bits per heavy atom. The van der Waals surface area contributed by atoms with Gasteiger partial charge in [-0.1, -0.05) is 67.1 Å². The molecule has 0 radical (unpaired) electrons. The summed E-state index contributed by atoms with van der Waals surface area (Å²) in [4.78, 5) is 15.5. The number of hydrogen-bond acceptors (Lipinski definition) is 2. The van der Waals surface area contributed by atoms with Crippen molar-refractivity contribution in [3.63, 3.8) is 0 Å². The van der Waals surface area contributed by atoms with Gasteiger partial charge in [-0.2, -0.15) is 0 Å². The van der Waals surface area contributed by atoms with Crippen molar-refractivity contribution in [3.05, 3.63) is 71.8 Å². The largest absolute Gasteiger partial charge is 0.355 e. The number of amides is 1. The molecule has 1 heterocycles. The van der Waals surface area contributed by atoms with Crippen molar-refractivity contribution >= 4 is 5.91 Å². The normalized spacial score (nSPS) is 18.0. The number of likely N-dealkylation sites (tertiary alicyclic amines) is 1. The van der Waals surface area contributed by atoms with Crippen molar-refractivity contribution in [3.8, 4) is 0 Å². The van der Waals surface area contributed by atoms with Gasteiger partial charge in [-0.3, -0.25) is 4.79 Å². The summed E-state index contributed by atoms with van der Waals surface area (Å²) in [7, 11) is 0. The van der Waals surface area contributed by atoms with Crippen LogP contribution >= 0.6 is 0 Å². The van der Waals surface area contributed by atoms with Crippen LogP contribution in [0.15, 0.2) is 60.7 Å². The minimum atomic E-state index is -0.244. The van der Waals surface area contributed by atoms with Gasteiger partial charge >= 0.3 is 0 Å². The molecule has 0 saturated carbocycles. The zero-order chi connectivity index (χ0) is 18.2. The Balaban J connectivity index is 1.58. The maximum Gasteiger partial charge on any atom is 0.232 e. The molecule has 2 aromatic carbocycles.